The second kappa shape index (κ2) is 9.84. The number of carbonyl (C=O) groups is 2. The summed E-state index contributed by atoms with van der Waals surface area (Å²) in [5, 5.41) is 30.2. The molecular formula is C23H13Cl2N3O4. The van der Waals surface area contributed by atoms with Crippen molar-refractivity contribution < 1.29 is 19.4 Å². The van der Waals surface area contributed by atoms with Crippen molar-refractivity contribution in [2.45, 2.75) is 6.42 Å². The highest BCUT2D eigenvalue weighted by atomic mass is 35.5. The van der Waals surface area contributed by atoms with Gasteiger partial charge in [0.15, 0.2) is 0 Å². The van der Waals surface area contributed by atoms with Crippen molar-refractivity contribution in [1.29, 1.82) is 10.5 Å². The summed E-state index contributed by atoms with van der Waals surface area (Å²) in [6.07, 6.45) is -0.0355. The maximum absolute atomic E-state index is 12.4. The van der Waals surface area contributed by atoms with E-state index in [0.29, 0.717) is 5.56 Å². The number of hydrogen-bond acceptors (Lipinski definition) is 5. The maximum Gasteiger partial charge on any atom is 0.335 e. The van der Waals surface area contributed by atoms with Gasteiger partial charge >= 0.3 is 5.97 Å². The second-order valence-electron chi connectivity index (χ2n) is 6.56. The maximum atomic E-state index is 12.4. The fraction of sp³-hybridized carbons (Fsp3) is 0.0435. The number of ether oxygens (including phenoxy) is 1. The van der Waals surface area contributed by atoms with Gasteiger partial charge in [0.05, 0.1) is 51.0 Å². The number of rotatable bonds is 6. The van der Waals surface area contributed by atoms with Gasteiger partial charge in [0.1, 0.15) is 11.5 Å². The first-order chi connectivity index (χ1) is 15.3. The van der Waals surface area contributed by atoms with Gasteiger partial charge in [-0.05, 0) is 54.1 Å². The van der Waals surface area contributed by atoms with E-state index in [2.05, 4.69) is 5.32 Å². The lowest BCUT2D eigenvalue weighted by atomic mass is 10.1. The van der Waals surface area contributed by atoms with Crippen molar-refractivity contribution in [3.8, 4) is 23.6 Å². The lowest BCUT2D eigenvalue weighted by molar-refractivity contribution is -0.115. The number of hydrogen-bond donors (Lipinski definition) is 2. The molecule has 3 aromatic carbocycles. The van der Waals surface area contributed by atoms with E-state index < -0.39 is 5.97 Å². The zero-order valence-corrected chi connectivity index (χ0v) is 17.7. The summed E-state index contributed by atoms with van der Waals surface area (Å²) in [4.78, 5) is 23.4. The van der Waals surface area contributed by atoms with Crippen LogP contribution in [0, 0.1) is 22.7 Å². The normalized spacial score (nSPS) is 10.0. The first-order valence-corrected chi connectivity index (χ1v) is 9.79. The molecule has 0 aromatic heterocycles. The Labute approximate surface area is 193 Å². The average molecular weight is 466 g/mol. The molecule has 0 aliphatic carbocycles. The molecule has 1 amide bonds. The summed E-state index contributed by atoms with van der Waals surface area (Å²) < 4.78 is 5.75. The standard InChI is InChI=1S/C23H13Cl2N3O4/c24-18-3-1-13(8-21(18)32-17-6-14(11-26)5-15(7-17)12-27)9-22(29)28-20-4-2-16(23(30)31)10-19(20)25/h1-8,10H,9H2,(H,28,29)(H,30,31). The number of carbonyl (C=O) groups excluding carboxylic acids is 1. The quantitative estimate of drug-likeness (QED) is 0.501. The predicted octanol–water partition coefficient (Wildman–Crippen LogP) is 5.41. The largest absolute Gasteiger partial charge is 0.478 e. The zero-order valence-electron chi connectivity index (χ0n) is 16.2. The van der Waals surface area contributed by atoms with Gasteiger partial charge < -0.3 is 15.2 Å². The summed E-state index contributed by atoms with van der Waals surface area (Å²) in [5.74, 6) is -1.00. The predicted molar refractivity (Wildman–Crippen MR) is 118 cm³/mol. The SMILES string of the molecule is N#Cc1cc(C#N)cc(Oc2cc(CC(=O)Nc3ccc(C(=O)O)cc3Cl)ccc2Cl)c1. The molecule has 3 rings (SSSR count). The van der Waals surface area contributed by atoms with Gasteiger partial charge in [0, 0.05) is 0 Å². The van der Waals surface area contributed by atoms with Crippen LogP contribution in [0.25, 0.3) is 0 Å². The number of nitrogens with one attached hydrogen (secondary N) is 1. The smallest absolute Gasteiger partial charge is 0.335 e. The highest BCUT2D eigenvalue weighted by Crippen LogP contribution is 2.32. The molecule has 0 atom stereocenters. The number of amides is 1. The van der Waals surface area contributed by atoms with Crippen molar-refractivity contribution in [2.75, 3.05) is 5.32 Å². The van der Waals surface area contributed by atoms with E-state index in [1.165, 1.54) is 36.4 Å². The van der Waals surface area contributed by atoms with E-state index >= 15 is 0 Å². The van der Waals surface area contributed by atoms with Crippen LogP contribution in [-0.2, 0) is 11.2 Å². The number of halogens is 2. The second-order valence-corrected chi connectivity index (χ2v) is 7.38. The zero-order chi connectivity index (χ0) is 23.3. The van der Waals surface area contributed by atoms with Crippen LogP contribution in [0.1, 0.15) is 27.0 Å². The summed E-state index contributed by atoms with van der Waals surface area (Å²) in [6, 6.07) is 17.1. The molecule has 0 saturated carbocycles. The average Bonchev–Trinajstić information content (AvgIpc) is 2.77. The number of carboxylic acid groups (broad SMARTS) is 1. The summed E-state index contributed by atoms with van der Waals surface area (Å²) >= 11 is 12.2. The fourth-order valence-corrected chi connectivity index (χ4v) is 3.16. The van der Waals surface area contributed by atoms with Crippen LogP contribution in [0.15, 0.2) is 54.6 Å². The van der Waals surface area contributed by atoms with Crippen LogP contribution >= 0.6 is 23.2 Å². The highest BCUT2D eigenvalue weighted by molar-refractivity contribution is 6.34. The Morgan fingerprint density at radius 3 is 2.22 bits per heavy atom. The Morgan fingerprint density at radius 2 is 1.62 bits per heavy atom. The van der Waals surface area contributed by atoms with Crippen LogP contribution < -0.4 is 10.1 Å². The minimum absolute atomic E-state index is 0.00696. The monoisotopic (exact) mass is 465 g/mol. The van der Waals surface area contributed by atoms with E-state index in [4.69, 9.17) is 43.6 Å². The van der Waals surface area contributed by atoms with Crippen LogP contribution in [0.5, 0.6) is 11.5 Å². The third kappa shape index (κ3) is 5.55. The Kier molecular flexibility index (Phi) is 6.97. The van der Waals surface area contributed by atoms with Gasteiger partial charge in [-0.3, -0.25) is 4.79 Å². The molecular weight excluding hydrogens is 453 g/mol. The fourth-order valence-electron chi connectivity index (χ4n) is 2.78. The minimum Gasteiger partial charge on any atom is -0.478 e. The molecule has 32 heavy (non-hydrogen) atoms. The highest BCUT2D eigenvalue weighted by Gasteiger charge is 2.13. The molecule has 0 fully saturated rings. The molecule has 0 spiro atoms. The molecule has 7 nitrogen and oxygen atoms in total. The lowest BCUT2D eigenvalue weighted by Gasteiger charge is -2.11. The molecule has 3 aromatic rings. The van der Waals surface area contributed by atoms with Gasteiger partial charge in [-0.1, -0.05) is 29.3 Å². The third-order valence-electron chi connectivity index (χ3n) is 4.24. The third-order valence-corrected chi connectivity index (χ3v) is 4.87. The minimum atomic E-state index is -1.12. The number of aromatic carboxylic acids is 1. The van der Waals surface area contributed by atoms with Crippen molar-refractivity contribution in [2.24, 2.45) is 0 Å². The Morgan fingerprint density at radius 1 is 0.938 bits per heavy atom. The van der Waals surface area contributed by atoms with Crippen LogP contribution in [-0.4, -0.2) is 17.0 Å². The van der Waals surface area contributed by atoms with E-state index in [1.54, 1.807) is 18.2 Å². The molecule has 0 saturated heterocycles. The molecule has 0 heterocycles. The van der Waals surface area contributed by atoms with E-state index in [1.807, 2.05) is 12.1 Å². The van der Waals surface area contributed by atoms with Gasteiger partial charge in [-0.15, -0.1) is 0 Å². The van der Waals surface area contributed by atoms with Crippen LogP contribution in [0.3, 0.4) is 0 Å². The molecule has 2 N–H and O–H groups in total. The van der Waals surface area contributed by atoms with Crippen LogP contribution in [0.2, 0.25) is 10.0 Å². The first-order valence-electron chi connectivity index (χ1n) is 9.03. The first kappa shape index (κ1) is 22.6. The summed E-state index contributed by atoms with van der Waals surface area (Å²) in [5.41, 5.74) is 1.39. The molecule has 0 aliphatic rings. The van der Waals surface area contributed by atoms with Gasteiger partial charge in [0.2, 0.25) is 5.91 Å². The van der Waals surface area contributed by atoms with E-state index in [-0.39, 0.29) is 56.3 Å². The molecule has 0 radical (unpaired) electrons. The number of carboxylic acids is 1. The Bertz CT molecular complexity index is 1280. The lowest BCUT2D eigenvalue weighted by Crippen LogP contribution is -2.15. The van der Waals surface area contributed by atoms with Crippen molar-refractivity contribution in [3.05, 3.63) is 86.9 Å². The van der Waals surface area contributed by atoms with Gasteiger partial charge in [0.25, 0.3) is 0 Å². The van der Waals surface area contributed by atoms with Crippen LogP contribution in [0.4, 0.5) is 5.69 Å². The number of nitriles is 2. The molecule has 0 unspecified atom stereocenters. The molecule has 0 bridgehead atoms. The molecule has 158 valence electrons. The van der Waals surface area contributed by atoms with Crippen molar-refractivity contribution in [3.63, 3.8) is 0 Å². The number of nitrogens with zero attached hydrogens (tertiary/aromatic N) is 2. The summed E-state index contributed by atoms with van der Waals surface area (Å²) in [7, 11) is 0. The molecule has 0 aliphatic heterocycles. The van der Waals surface area contributed by atoms with E-state index in [0.717, 1.165) is 0 Å². The Hall–Kier alpha value is -4.04. The van der Waals surface area contributed by atoms with Gasteiger partial charge in [-0.25, -0.2) is 4.79 Å². The van der Waals surface area contributed by atoms with Crippen molar-refractivity contribution >= 4 is 40.8 Å². The van der Waals surface area contributed by atoms with E-state index in [9.17, 15) is 9.59 Å². The summed E-state index contributed by atoms with van der Waals surface area (Å²) in [6.45, 7) is 0. The van der Waals surface area contributed by atoms with Crippen molar-refractivity contribution in [1.82, 2.24) is 0 Å². The Balaban J connectivity index is 1.76. The number of benzene rings is 3. The van der Waals surface area contributed by atoms with Gasteiger partial charge in [-0.2, -0.15) is 10.5 Å². The number of anilines is 1. The molecule has 9 heteroatoms. The topological polar surface area (TPSA) is 123 Å².